The van der Waals surface area contributed by atoms with E-state index in [9.17, 15) is 4.79 Å². The topological polar surface area (TPSA) is 67.2 Å². The highest BCUT2D eigenvalue weighted by atomic mass is 35.5. The van der Waals surface area contributed by atoms with Crippen LogP contribution in [-0.2, 0) is 7.05 Å². The number of rotatable bonds is 2. The summed E-state index contributed by atoms with van der Waals surface area (Å²) in [6.45, 7) is 4.59. The minimum absolute atomic E-state index is 0.0333. The van der Waals surface area contributed by atoms with Crippen LogP contribution in [0.1, 0.15) is 16.1 Å². The van der Waals surface area contributed by atoms with E-state index in [1.54, 1.807) is 16.9 Å². The molecule has 3 heterocycles. The molecule has 0 aliphatic carbocycles. The number of hydrogen-bond acceptors (Lipinski definition) is 5. The van der Waals surface area contributed by atoms with Crippen molar-refractivity contribution in [2.45, 2.75) is 6.92 Å². The van der Waals surface area contributed by atoms with Gasteiger partial charge in [0, 0.05) is 45.5 Å². The zero-order valence-electron chi connectivity index (χ0n) is 12.5. The summed E-state index contributed by atoms with van der Waals surface area (Å²) in [4.78, 5) is 24.6. The first-order valence-corrected chi connectivity index (χ1v) is 7.44. The molecule has 0 spiro atoms. The predicted molar refractivity (Wildman–Crippen MR) is 83.1 cm³/mol. The Kier molecular flexibility index (Phi) is 3.98. The van der Waals surface area contributed by atoms with Crippen LogP contribution in [0.5, 0.6) is 0 Å². The molecule has 116 valence electrons. The lowest BCUT2D eigenvalue weighted by atomic mass is 10.2. The molecule has 8 heteroatoms. The summed E-state index contributed by atoms with van der Waals surface area (Å²) in [5, 5.41) is 4.65. The Hall–Kier alpha value is -2.15. The number of amides is 1. The highest BCUT2D eigenvalue weighted by molar-refractivity contribution is 6.29. The van der Waals surface area contributed by atoms with Crippen molar-refractivity contribution in [1.29, 1.82) is 0 Å². The standard InChI is InChI=1S/C14H17ClN6O/c1-10-11(8-19(2)18-10)14(22)21-5-3-20(4-6-21)13-7-12(15)16-9-17-13/h7-9H,3-6H2,1-2H3. The van der Waals surface area contributed by atoms with Crippen LogP contribution in [0.2, 0.25) is 5.15 Å². The lowest BCUT2D eigenvalue weighted by Crippen LogP contribution is -2.49. The Balaban J connectivity index is 1.67. The zero-order chi connectivity index (χ0) is 15.7. The normalized spacial score (nSPS) is 15.2. The monoisotopic (exact) mass is 320 g/mol. The zero-order valence-corrected chi connectivity index (χ0v) is 13.3. The van der Waals surface area contributed by atoms with Crippen molar-refractivity contribution < 1.29 is 4.79 Å². The van der Waals surface area contributed by atoms with Crippen molar-refractivity contribution in [2.75, 3.05) is 31.1 Å². The highest BCUT2D eigenvalue weighted by Gasteiger charge is 2.25. The van der Waals surface area contributed by atoms with Crippen molar-refractivity contribution in [3.8, 4) is 0 Å². The van der Waals surface area contributed by atoms with Gasteiger partial charge in [-0.3, -0.25) is 9.48 Å². The van der Waals surface area contributed by atoms with Gasteiger partial charge in [0.2, 0.25) is 0 Å². The van der Waals surface area contributed by atoms with E-state index in [1.807, 2.05) is 18.9 Å². The third-order valence-corrected chi connectivity index (χ3v) is 3.96. The molecular formula is C14H17ClN6O. The summed E-state index contributed by atoms with van der Waals surface area (Å²) in [5.41, 5.74) is 1.43. The van der Waals surface area contributed by atoms with Crippen LogP contribution in [0.15, 0.2) is 18.6 Å². The number of anilines is 1. The second-order valence-electron chi connectivity index (χ2n) is 5.28. The molecule has 2 aromatic rings. The lowest BCUT2D eigenvalue weighted by Gasteiger charge is -2.35. The first-order valence-electron chi connectivity index (χ1n) is 7.06. The van der Waals surface area contributed by atoms with Gasteiger partial charge in [-0.05, 0) is 6.92 Å². The van der Waals surface area contributed by atoms with Crippen molar-refractivity contribution in [2.24, 2.45) is 7.05 Å². The first kappa shape index (κ1) is 14.8. The van der Waals surface area contributed by atoms with Gasteiger partial charge in [0.1, 0.15) is 17.3 Å². The van der Waals surface area contributed by atoms with Gasteiger partial charge in [0.05, 0.1) is 11.3 Å². The Bertz CT molecular complexity index is 692. The number of aryl methyl sites for hydroxylation is 2. The van der Waals surface area contributed by atoms with Crippen molar-refractivity contribution in [3.05, 3.63) is 35.0 Å². The van der Waals surface area contributed by atoms with E-state index in [4.69, 9.17) is 11.6 Å². The minimum Gasteiger partial charge on any atom is -0.353 e. The lowest BCUT2D eigenvalue weighted by molar-refractivity contribution is 0.0745. The largest absolute Gasteiger partial charge is 0.353 e. The van der Waals surface area contributed by atoms with Gasteiger partial charge < -0.3 is 9.80 Å². The smallest absolute Gasteiger partial charge is 0.257 e. The molecular weight excluding hydrogens is 304 g/mol. The molecule has 0 aromatic carbocycles. The quantitative estimate of drug-likeness (QED) is 0.776. The number of carbonyl (C=O) groups is 1. The van der Waals surface area contributed by atoms with Gasteiger partial charge in [-0.2, -0.15) is 5.10 Å². The van der Waals surface area contributed by atoms with Crippen LogP contribution in [-0.4, -0.2) is 56.7 Å². The maximum atomic E-state index is 12.5. The van der Waals surface area contributed by atoms with E-state index < -0.39 is 0 Å². The number of hydrogen-bond donors (Lipinski definition) is 0. The van der Waals surface area contributed by atoms with Crippen LogP contribution in [0, 0.1) is 6.92 Å². The van der Waals surface area contributed by atoms with Gasteiger partial charge in [0.15, 0.2) is 0 Å². The Morgan fingerprint density at radius 2 is 1.95 bits per heavy atom. The van der Waals surface area contributed by atoms with E-state index in [0.29, 0.717) is 23.8 Å². The van der Waals surface area contributed by atoms with E-state index in [1.165, 1.54) is 6.33 Å². The number of carbonyl (C=O) groups excluding carboxylic acids is 1. The van der Waals surface area contributed by atoms with Crippen molar-refractivity contribution >= 4 is 23.3 Å². The number of halogens is 1. The minimum atomic E-state index is 0.0333. The average Bonchev–Trinajstić information content (AvgIpc) is 2.85. The Labute approximate surface area is 133 Å². The number of nitrogens with zero attached hydrogens (tertiary/aromatic N) is 6. The van der Waals surface area contributed by atoms with Gasteiger partial charge in [-0.1, -0.05) is 11.6 Å². The van der Waals surface area contributed by atoms with Gasteiger partial charge >= 0.3 is 0 Å². The Morgan fingerprint density at radius 3 is 2.55 bits per heavy atom. The molecule has 1 saturated heterocycles. The van der Waals surface area contributed by atoms with Gasteiger partial charge in [0.25, 0.3) is 5.91 Å². The predicted octanol–water partition coefficient (Wildman–Crippen LogP) is 1.13. The summed E-state index contributed by atoms with van der Waals surface area (Å²) in [5.74, 6) is 0.829. The number of aromatic nitrogens is 4. The molecule has 22 heavy (non-hydrogen) atoms. The van der Waals surface area contributed by atoms with E-state index in [-0.39, 0.29) is 5.91 Å². The molecule has 0 N–H and O–H groups in total. The fraction of sp³-hybridized carbons (Fsp3) is 0.429. The second kappa shape index (κ2) is 5.92. The molecule has 0 bridgehead atoms. The third-order valence-electron chi connectivity index (χ3n) is 3.75. The number of piperazine rings is 1. The van der Waals surface area contributed by atoms with Crippen LogP contribution >= 0.6 is 11.6 Å². The molecule has 1 aliphatic rings. The van der Waals surface area contributed by atoms with Crippen LogP contribution < -0.4 is 4.90 Å². The van der Waals surface area contributed by atoms with Crippen LogP contribution in [0.4, 0.5) is 5.82 Å². The molecule has 1 amide bonds. The highest BCUT2D eigenvalue weighted by Crippen LogP contribution is 2.17. The van der Waals surface area contributed by atoms with Crippen molar-refractivity contribution in [3.63, 3.8) is 0 Å². The molecule has 3 rings (SSSR count). The fourth-order valence-corrected chi connectivity index (χ4v) is 2.76. The maximum absolute atomic E-state index is 12.5. The second-order valence-corrected chi connectivity index (χ2v) is 5.67. The Morgan fingerprint density at radius 1 is 1.23 bits per heavy atom. The summed E-state index contributed by atoms with van der Waals surface area (Å²) in [7, 11) is 1.82. The van der Waals surface area contributed by atoms with Crippen molar-refractivity contribution in [1.82, 2.24) is 24.6 Å². The van der Waals surface area contributed by atoms with Gasteiger partial charge in [-0.15, -0.1) is 0 Å². The van der Waals surface area contributed by atoms with E-state index in [2.05, 4.69) is 20.0 Å². The van der Waals surface area contributed by atoms with Crippen LogP contribution in [0.25, 0.3) is 0 Å². The SMILES string of the molecule is Cc1nn(C)cc1C(=O)N1CCN(c2cc(Cl)ncn2)CC1. The maximum Gasteiger partial charge on any atom is 0.257 e. The average molecular weight is 321 g/mol. The van der Waals surface area contributed by atoms with Crippen LogP contribution in [0.3, 0.4) is 0 Å². The molecule has 1 fully saturated rings. The summed E-state index contributed by atoms with van der Waals surface area (Å²) >= 11 is 5.89. The molecule has 1 aliphatic heterocycles. The molecule has 0 saturated carbocycles. The molecule has 7 nitrogen and oxygen atoms in total. The summed E-state index contributed by atoms with van der Waals surface area (Å²) < 4.78 is 1.67. The summed E-state index contributed by atoms with van der Waals surface area (Å²) in [6.07, 6.45) is 3.22. The van der Waals surface area contributed by atoms with Gasteiger partial charge in [-0.25, -0.2) is 9.97 Å². The summed E-state index contributed by atoms with van der Waals surface area (Å²) in [6, 6.07) is 1.74. The molecule has 2 aromatic heterocycles. The first-order chi connectivity index (χ1) is 10.5. The third kappa shape index (κ3) is 2.89. The fourth-order valence-electron chi connectivity index (χ4n) is 2.62. The van der Waals surface area contributed by atoms with E-state index in [0.717, 1.165) is 24.6 Å². The van der Waals surface area contributed by atoms with E-state index >= 15 is 0 Å². The molecule has 0 unspecified atom stereocenters. The molecule has 0 radical (unpaired) electrons. The molecule has 0 atom stereocenters.